The lowest BCUT2D eigenvalue weighted by Gasteiger charge is -2.31. The lowest BCUT2D eigenvalue weighted by Crippen LogP contribution is -2.27. The van der Waals surface area contributed by atoms with E-state index in [9.17, 15) is 39.4 Å². The second-order valence-corrected chi connectivity index (χ2v) is 14.3. The molecule has 0 unspecified atom stereocenters. The van der Waals surface area contributed by atoms with Gasteiger partial charge in [0.2, 0.25) is 0 Å². The van der Waals surface area contributed by atoms with Crippen molar-refractivity contribution in [2.45, 2.75) is 63.2 Å². The fourth-order valence-corrected chi connectivity index (χ4v) is 7.00. The van der Waals surface area contributed by atoms with Crippen LogP contribution in [0.5, 0.6) is 0 Å². The van der Waals surface area contributed by atoms with Crippen molar-refractivity contribution in [1.29, 1.82) is 0 Å². The van der Waals surface area contributed by atoms with Crippen LogP contribution in [0.4, 0.5) is 11.4 Å². The first-order valence-electron chi connectivity index (χ1n) is 14.0. The first kappa shape index (κ1) is 34.3. The molecule has 0 N–H and O–H groups in total. The normalized spacial score (nSPS) is 17.7. The van der Waals surface area contributed by atoms with Gasteiger partial charge in [-0.15, -0.1) is 0 Å². The number of para-hydroxylation sites is 2. The third-order valence-electron chi connectivity index (χ3n) is 6.92. The number of rotatable bonds is 10. The Kier molecular flexibility index (Phi) is 10.3. The van der Waals surface area contributed by atoms with Gasteiger partial charge in [-0.25, -0.2) is 9.59 Å². The monoisotopic (exact) mass is 666 g/mol. The van der Waals surface area contributed by atoms with Crippen molar-refractivity contribution in [3.8, 4) is 0 Å². The molecule has 2 aliphatic rings. The molecule has 0 aromatic heterocycles. The molecule has 0 saturated heterocycles. The second-order valence-electron chi connectivity index (χ2n) is 12.2. The maximum absolute atomic E-state index is 13.1. The molecular weight excluding hydrogens is 636 g/mol. The average Bonchev–Trinajstić information content (AvgIpc) is 2.95. The predicted molar refractivity (Wildman–Crippen MR) is 169 cm³/mol. The zero-order valence-electron chi connectivity index (χ0n) is 25.4. The van der Waals surface area contributed by atoms with Gasteiger partial charge in [0.1, 0.15) is 11.5 Å². The van der Waals surface area contributed by atoms with E-state index in [1.54, 1.807) is 12.1 Å². The molecule has 46 heavy (non-hydrogen) atoms. The second kappa shape index (κ2) is 13.8. The summed E-state index contributed by atoms with van der Waals surface area (Å²) in [5.74, 6) is -2.60. The van der Waals surface area contributed by atoms with Crippen molar-refractivity contribution in [2.75, 3.05) is 0 Å². The number of nitro benzene ring substituents is 2. The molecule has 14 heteroatoms. The highest BCUT2D eigenvalue weighted by Gasteiger charge is 2.38. The number of nitro groups is 2. The fourth-order valence-electron chi connectivity index (χ4n) is 4.94. The van der Waals surface area contributed by atoms with E-state index < -0.39 is 32.6 Å². The summed E-state index contributed by atoms with van der Waals surface area (Å²) in [6.07, 6.45) is 2.27. The molecule has 2 aromatic carbocycles. The molecule has 0 heterocycles. The predicted octanol–water partition coefficient (Wildman–Crippen LogP) is 7.23. The van der Waals surface area contributed by atoms with Gasteiger partial charge in [-0.2, -0.15) is 0 Å². The van der Waals surface area contributed by atoms with Gasteiger partial charge in [0.15, 0.2) is 11.6 Å². The van der Waals surface area contributed by atoms with E-state index in [1.165, 1.54) is 36.4 Å². The Balaban J connectivity index is 1.56. The Morgan fingerprint density at radius 1 is 0.674 bits per heavy atom. The SMILES string of the molecule is CC1(C)CC(=O)C(Sc2ccccc2[N+](=O)[O-])=C(OC(=O)/C=C/C(=O)OC2=C(Sc3ccccc3[N+](=O)[O-])C(=O)CC(C)(C)C2)C1. The van der Waals surface area contributed by atoms with Gasteiger partial charge in [-0.1, -0.05) is 75.5 Å². The Bertz CT molecular complexity index is 1610. The molecule has 0 radical (unpaired) electrons. The van der Waals surface area contributed by atoms with Crippen LogP contribution in [0, 0.1) is 31.1 Å². The van der Waals surface area contributed by atoms with Crippen molar-refractivity contribution in [1.82, 2.24) is 0 Å². The number of benzene rings is 2. The minimum atomic E-state index is -0.985. The quantitative estimate of drug-likeness (QED) is 0.108. The number of thioether (sulfide) groups is 2. The highest BCUT2D eigenvalue weighted by Crippen LogP contribution is 2.46. The first-order chi connectivity index (χ1) is 21.5. The summed E-state index contributed by atoms with van der Waals surface area (Å²) >= 11 is 1.69. The van der Waals surface area contributed by atoms with Crippen molar-refractivity contribution in [3.05, 3.63) is 102 Å². The van der Waals surface area contributed by atoms with Crippen LogP contribution in [0.15, 0.2) is 91.8 Å². The summed E-state index contributed by atoms with van der Waals surface area (Å²) in [7, 11) is 0. The maximum Gasteiger partial charge on any atom is 0.336 e. The number of carbonyl (C=O) groups excluding carboxylic acids is 4. The number of Topliss-reactive ketones (excluding diaryl/α,β-unsaturated/α-hetero) is 2. The van der Waals surface area contributed by atoms with E-state index in [2.05, 4.69) is 0 Å². The van der Waals surface area contributed by atoms with E-state index in [4.69, 9.17) is 9.47 Å². The largest absolute Gasteiger partial charge is 0.427 e. The highest BCUT2D eigenvalue weighted by atomic mass is 32.2. The Morgan fingerprint density at radius 3 is 1.37 bits per heavy atom. The van der Waals surface area contributed by atoms with Crippen LogP contribution in [0.25, 0.3) is 0 Å². The molecule has 0 aliphatic heterocycles. The van der Waals surface area contributed by atoms with Crippen molar-refractivity contribution in [2.24, 2.45) is 10.8 Å². The molecule has 0 amide bonds. The summed E-state index contributed by atoms with van der Waals surface area (Å²) in [6.45, 7) is 7.27. The van der Waals surface area contributed by atoms with E-state index >= 15 is 0 Å². The number of ketones is 2. The summed E-state index contributed by atoms with van der Waals surface area (Å²) in [6, 6.07) is 11.8. The number of hydrogen-bond donors (Lipinski definition) is 0. The van der Waals surface area contributed by atoms with Crippen molar-refractivity contribution >= 4 is 58.4 Å². The minimum absolute atomic E-state index is 0.0258. The smallest absolute Gasteiger partial charge is 0.336 e. The molecule has 4 rings (SSSR count). The van der Waals surface area contributed by atoms with Crippen LogP contribution in [0.1, 0.15) is 53.4 Å². The van der Waals surface area contributed by atoms with Gasteiger partial charge in [0.25, 0.3) is 11.4 Å². The van der Waals surface area contributed by atoms with E-state index in [-0.39, 0.29) is 79.7 Å². The third-order valence-corrected chi connectivity index (χ3v) is 9.37. The fraction of sp³-hybridized carbons (Fsp3) is 0.312. The molecule has 0 atom stereocenters. The zero-order valence-corrected chi connectivity index (χ0v) is 27.0. The number of allylic oxidation sites excluding steroid dienone is 4. The van der Waals surface area contributed by atoms with Crippen molar-refractivity contribution < 1.29 is 38.5 Å². The maximum atomic E-state index is 13.1. The molecule has 240 valence electrons. The standard InChI is InChI=1S/C32H30N2O10S2/c1-31(2)15-21(35)29(45-25-11-7-5-9-19(25)33(39)40)23(17-31)43-27(37)13-14-28(38)44-24-18-32(3,4)16-22(36)30(24)46-26-12-8-6-10-20(26)34(41)42/h5-14H,15-18H2,1-4H3/b14-13+. The molecule has 0 fully saturated rings. The van der Waals surface area contributed by atoms with Gasteiger partial charge in [0, 0.05) is 50.0 Å². The van der Waals surface area contributed by atoms with Crippen LogP contribution in [0.3, 0.4) is 0 Å². The van der Waals surface area contributed by atoms with Gasteiger partial charge >= 0.3 is 11.9 Å². The molecule has 2 aromatic rings. The highest BCUT2D eigenvalue weighted by molar-refractivity contribution is 8.04. The molecule has 2 aliphatic carbocycles. The van der Waals surface area contributed by atoms with Gasteiger partial charge in [-0.05, 0) is 23.0 Å². The van der Waals surface area contributed by atoms with Gasteiger partial charge < -0.3 is 9.47 Å². The van der Waals surface area contributed by atoms with Crippen LogP contribution in [-0.2, 0) is 28.7 Å². The average molecular weight is 667 g/mol. The summed E-state index contributed by atoms with van der Waals surface area (Å²) < 4.78 is 11.0. The number of esters is 2. The Labute approximate surface area is 272 Å². The molecule has 12 nitrogen and oxygen atoms in total. The summed E-state index contributed by atoms with van der Waals surface area (Å²) in [4.78, 5) is 74.2. The van der Waals surface area contributed by atoms with Crippen LogP contribution < -0.4 is 0 Å². The van der Waals surface area contributed by atoms with Crippen molar-refractivity contribution in [3.63, 3.8) is 0 Å². The first-order valence-corrected chi connectivity index (χ1v) is 15.7. The van der Waals surface area contributed by atoms with Crippen LogP contribution >= 0.6 is 23.5 Å². The number of nitrogens with zero attached hydrogens (tertiary/aromatic N) is 2. The van der Waals surface area contributed by atoms with Gasteiger partial charge in [-0.3, -0.25) is 29.8 Å². The lowest BCUT2D eigenvalue weighted by atomic mass is 9.79. The summed E-state index contributed by atoms with van der Waals surface area (Å²) in [5, 5.41) is 23.0. The minimum Gasteiger partial charge on any atom is -0.427 e. The van der Waals surface area contributed by atoms with Crippen LogP contribution in [0.2, 0.25) is 0 Å². The Morgan fingerprint density at radius 2 is 1.02 bits per heavy atom. The molecule has 0 bridgehead atoms. The van der Waals surface area contributed by atoms with E-state index in [1.807, 2.05) is 27.7 Å². The van der Waals surface area contributed by atoms with Gasteiger partial charge in [0.05, 0.1) is 29.4 Å². The molecule has 0 spiro atoms. The topological polar surface area (TPSA) is 173 Å². The Hall–Kier alpha value is -4.56. The number of carbonyl (C=O) groups is 4. The van der Waals surface area contributed by atoms with Crippen LogP contribution in [-0.4, -0.2) is 33.4 Å². The van der Waals surface area contributed by atoms with E-state index in [0.29, 0.717) is 0 Å². The molecule has 0 saturated carbocycles. The number of ether oxygens (including phenoxy) is 2. The summed E-state index contributed by atoms with van der Waals surface area (Å²) in [5.41, 5.74) is -1.53. The molecular formula is C32H30N2O10S2. The third kappa shape index (κ3) is 8.57. The zero-order chi connectivity index (χ0) is 33.8. The number of hydrogen-bond acceptors (Lipinski definition) is 12. The van der Waals surface area contributed by atoms with E-state index in [0.717, 1.165) is 35.7 Å². The lowest BCUT2D eigenvalue weighted by molar-refractivity contribution is -0.387.